The van der Waals surface area contributed by atoms with Gasteiger partial charge >= 0.3 is 0 Å². The first-order valence-corrected chi connectivity index (χ1v) is 12.6. The molecule has 0 amide bonds. The molecule has 0 saturated carbocycles. The largest absolute Gasteiger partial charge is 0.394 e. The molecule has 0 aromatic heterocycles. The Labute approximate surface area is 227 Å². The number of hydrogen-bond acceptors (Lipinski definition) is 15. The predicted molar refractivity (Wildman–Crippen MR) is 142 cm³/mol. The Balaban J connectivity index is 4.16. The average molecular weight is 568 g/mol. The van der Waals surface area contributed by atoms with Gasteiger partial charge in [0.15, 0.2) is 0 Å². The van der Waals surface area contributed by atoms with Crippen molar-refractivity contribution in [3.8, 4) is 0 Å². The molecule has 15 heteroatoms. The second-order valence-electron chi connectivity index (χ2n) is 9.04. The molecule has 0 saturated heterocycles. The molecule has 1 aromatic rings. The molecule has 0 unspecified atom stereocenters. The number of nitrogens with zero attached hydrogens (tertiary/aromatic N) is 3. The summed E-state index contributed by atoms with van der Waals surface area (Å²) < 4.78 is 0. The van der Waals surface area contributed by atoms with Crippen LogP contribution in [0.2, 0.25) is 0 Å². The van der Waals surface area contributed by atoms with Crippen molar-refractivity contribution in [1.82, 2.24) is 0 Å². The first kappa shape index (κ1) is 35.2. The lowest BCUT2D eigenvalue weighted by molar-refractivity contribution is 0.143. The second-order valence-corrected chi connectivity index (χ2v) is 9.04. The third kappa shape index (κ3) is 8.56. The Bertz CT molecular complexity index is 622. The van der Waals surface area contributed by atoms with E-state index >= 15 is 0 Å². The highest BCUT2D eigenvalue weighted by Gasteiger charge is 2.32. The van der Waals surface area contributed by atoms with Crippen molar-refractivity contribution in [2.45, 2.75) is 36.3 Å². The Kier molecular flexibility index (Phi) is 16.7. The molecular formula is C24H45N3O12. The smallest absolute Gasteiger partial charge is 0.0756 e. The van der Waals surface area contributed by atoms with Crippen molar-refractivity contribution < 1.29 is 61.3 Å². The van der Waals surface area contributed by atoms with Gasteiger partial charge in [0.1, 0.15) is 0 Å². The van der Waals surface area contributed by atoms with Gasteiger partial charge < -0.3 is 76.0 Å². The molecular weight excluding hydrogens is 522 g/mol. The lowest BCUT2D eigenvalue weighted by atomic mass is 10.0. The molecule has 0 bridgehead atoms. The normalized spacial score (nSPS) is 12.2. The Hall–Kier alpha value is -1.86. The molecule has 0 fully saturated rings. The molecule has 1 rings (SSSR count). The van der Waals surface area contributed by atoms with E-state index in [4.69, 9.17) is 0 Å². The first-order chi connectivity index (χ1) is 18.8. The maximum Gasteiger partial charge on any atom is 0.0756 e. The number of aliphatic hydroxyl groups is 12. The fourth-order valence-corrected chi connectivity index (χ4v) is 4.59. The summed E-state index contributed by atoms with van der Waals surface area (Å²) in [4.78, 5) is 4.01. The first-order valence-electron chi connectivity index (χ1n) is 12.6. The summed E-state index contributed by atoms with van der Waals surface area (Å²) >= 11 is 0. The van der Waals surface area contributed by atoms with Gasteiger partial charge in [0, 0.05) is 17.1 Å². The lowest BCUT2D eigenvalue weighted by Crippen LogP contribution is -2.53. The van der Waals surface area contributed by atoms with E-state index in [1.54, 1.807) is 0 Å². The molecule has 0 aliphatic rings. The van der Waals surface area contributed by atoms with Crippen LogP contribution in [-0.4, -0.2) is 177 Å². The number of aliphatic hydroxyl groups excluding tert-OH is 12. The molecule has 0 atom stereocenters. The summed E-state index contributed by atoms with van der Waals surface area (Å²) in [7, 11) is 0. The number of anilines is 3. The van der Waals surface area contributed by atoms with E-state index in [9.17, 15) is 61.3 Å². The fourth-order valence-electron chi connectivity index (χ4n) is 4.59. The molecule has 0 heterocycles. The van der Waals surface area contributed by atoms with E-state index in [-0.39, 0.29) is 17.1 Å². The minimum atomic E-state index is -1.03. The van der Waals surface area contributed by atoms with Crippen molar-refractivity contribution >= 4 is 17.1 Å². The molecule has 228 valence electrons. The molecule has 0 aliphatic carbocycles. The Morgan fingerprint density at radius 3 is 0.538 bits per heavy atom. The number of rotatable bonds is 21. The summed E-state index contributed by atoms with van der Waals surface area (Å²) in [5.41, 5.74) is 0.478. The Morgan fingerprint density at radius 1 is 0.308 bits per heavy atom. The highest BCUT2D eigenvalue weighted by molar-refractivity contribution is 5.71. The van der Waals surface area contributed by atoms with Crippen molar-refractivity contribution in [3.05, 3.63) is 18.2 Å². The zero-order valence-corrected chi connectivity index (χ0v) is 21.9. The number of benzene rings is 1. The van der Waals surface area contributed by atoms with Gasteiger partial charge in [-0.05, 0) is 18.2 Å². The van der Waals surface area contributed by atoms with E-state index in [0.29, 0.717) is 0 Å². The molecule has 0 spiro atoms. The standard InChI is InChI=1S/C24H45N3O12/c28-4-19(5-29)25(20(6-30)7-31)16-1-17(26(21(8-32)9-33)22(10-34)11-35)3-18(2-16)27(23(12-36)13-37)24(14-38)15-39/h1-3,19-24,28-39H,4-15H2. The van der Waals surface area contributed by atoms with Crippen LogP contribution >= 0.6 is 0 Å². The van der Waals surface area contributed by atoms with Crippen molar-refractivity contribution in [2.75, 3.05) is 94.0 Å². The monoisotopic (exact) mass is 567 g/mol. The van der Waals surface area contributed by atoms with Crippen LogP contribution < -0.4 is 14.7 Å². The highest BCUT2D eigenvalue weighted by Crippen LogP contribution is 2.35. The summed E-state index contributed by atoms with van der Waals surface area (Å²) in [5, 5.41) is 120. The maximum atomic E-state index is 9.96. The van der Waals surface area contributed by atoms with Crippen LogP contribution in [0.3, 0.4) is 0 Å². The van der Waals surface area contributed by atoms with Gasteiger partial charge in [0.05, 0.1) is 116 Å². The van der Waals surface area contributed by atoms with Crippen molar-refractivity contribution in [1.29, 1.82) is 0 Å². The van der Waals surface area contributed by atoms with E-state index in [1.807, 2.05) is 0 Å². The molecule has 15 nitrogen and oxygen atoms in total. The van der Waals surface area contributed by atoms with Crippen LogP contribution in [0, 0.1) is 0 Å². The van der Waals surface area contributed by atoms with Crippen LogP contribution in [0.25, 0.3) is 0 Å². The van der Waals surface area contributed by atoms with Crippen molar-refractivity contribution in [3.63, 3.8) is 0 Å². The topological polar surface area (TPSA) is 252 Å². The van der Waals surface area contributed by atoms with Crippen LogP contribution in [0.15, 0.2) is 18.2 Å². The predicted octanol–water partition coefficient (Wildman–Crippen LogP) is -5.77. The molecule has 39 heavy (non-hydrogen) atoms. The minimum absolute atomic E-state index is 0.159. The van der Waals surface area contributed by atoms with Gasteiger partial charge in [-0.15, -0.1) is 0 Å². The highest BCUT2D eigenvalue weighted by atomic mass is 16.3. The summed E-state index contributed by atoms with van der Waals surface area (Å²) in [5.74, 6) is 0. The average Bonchev–Trinajstić information content (AvgIpc) is 2.97. The third-order valence-electron chi connectivity index (χ3n) is 6.67. The molecule has 12 N–H and O–H groups in total. The van der Waals surface area contributed by atoms with Crippen LogP contribution in [0.5, 0.6) is 0 Å². The Morgan fingerprint density at radius 2 is 0.436 bits per heavy atom. The second kappa shape index (κ2) is 18.5. The van der Waals surface area contributed by atoms with Gasteiger partial charge in [-0.2, -0.15) is 0 Å². The fraction of sp³-hybridized carbons (Fsp3) is 0.750. The van der Waals surface area contributed by atoms with Gasteiger partial charge in [-0.25, -0.2) is 0 Å². The van der Waals surface area contributed by atoms with Crippen LogP contribution in [-0.2, 0) is 0 Å². The van der Waals surface area contributed by atoms with E-state index in [1.165, 1.54) is 32.9 Å². The van der Waals surface area contributed by atoms with E-state index in [0.717, 1.165) is 0 Å². The molecule has 0 aliphatic heterocycles. The molecule has 1 aromatic carbocycles. The quantitative estimate of drug-likeness (QED) is 0.0661. The van der Waals surface area contributed by atoms with Gasteiger partial charge in [0.2, 0.25) is 0 Å². The summed E-state index contributed by atoms with van der Waals surface area (Å²) in [6, 6.07) is -1.83. The van der Waals surface area contributed by atoms with E-state index in [2.05, 4.69) is 0 Å². The third-order valence-corrected chi connectivity index (χ3v) is 6.67. The van der Waals surface area contributed by atoms with Gasteiger partial charge in [-0.3, -0.25) is 0 Å². The summed E-state index contributed by atoms with van der Waals surface area (Å²) in [6.07, 6.45) is 0. The van der Waals surface area contributed by atoms with Gasteiger partial charge in [0.25, 0.3) is 0 Å². The molecule has 0 radical (unpaired) electrons. The van der Waals surface area contributed by atoms with Crippen LogP contribution in [0.1, 0.15) is 0 Å². The summed E-state index contributed by atoms with van der Waals surface area (Å²) in [6.45, 7) is -7.20. The van der Waals surface area contributed by atoms with Crippen LogP contribution in [0.4, 0.5) is 17.1 Å². The lowest BCUT2D eigenvalue weighted by Gasteiger charge is -2.42. The maximum absolute atomic E-state index is 9.96. The number of hydrogen-bond donors (Lipinski definition) is 12. The SMILES string of the molecule is OCC(CO)N(c1cc(N(C(CO)CO)C(CO)CO)cc(N(C(CO)CO)C(CO)CO)c1)C(CO)CO. The zero-order chi connectivity index (χ0) is 29.5. The minimum Gasteiger partial charge on any atom is -0.394 e. The zero-order valence-electron chi connectivity index (χ0n) is 21.9. The van der Waals surface area contributed by atoms with Crippen molar-refractivity contribution in [2.24, 2.45) is 0 Å². The van der Waals surface area contributed by atoms with E-state index < -0.39 is 116 Å². The van der Waals surface area contributed by atoms with Gasteiger partial charge in [-0.1, -0.05) is 0 Å².